The lowest BCUT2D eigenvalue weighted by atomic mass is 10.0. The van der Waals surface area contributed by atoms with E-state index in [4.69, 9.17) is 4.74 Å². The molecule has 0 fully saturated rings. The van der Waals surface area contributed by atoms with Crippen LogP contribution in [0.25, 0.3) is 0 Å². The maximum atomic E-state index is 11.7. The molecular weight excluding hydrogens is 202 g/mol. The lowest BCUT2D eigenvalue weighted by molar-refractivity contribution is -0.157. The van der Waals surface area contributed by atoms with Crippen LogP contribution in [0.5, 0.6) is 0 Å². The van der Waals surface area contributed by atoms with Crippen molar-refractivity contribution in [2.75, 3.05) is 0 Å². The first-order valence-corrected chi connectivity index (χ1v) is 6.16. The van der Waals surface area contributed by atoms with Crippen LogP contribution in [-0.4, -0.2) is 23.7 Å². The van der Waals surface area contributed by atoms with Gasteiger partial charge in [0.1, 0.15) is 11.6 Å². The lowest BCUT2D eigenvalue weighted by Crippen LogP contribution is -2.46. The summed E-state index contributed by atoms with van der Waals surface area (Å²) in [4.78, 5) is 11.7. The van der Waals surface area contributed by atoms with E-state index in [1.807, 2.05) is 27.7 Å². The van der Waals surface area contributed by atoms with Crippen LogP contribution in [0.2, 0.25) is 0 Å². The van der Waals surface area contributed by atoms with E-state index in [2.05, 4.69) is 26.1 Å². The number of hydrogen-bond acceptors (Lipinski definition) is 3. The van der Waals surface area contributed by atoms with Crippen molar-refractivity contribution < 1.29 is 9.53 Å². The Labute approximate surface area is 99.9 Å². The first-order chi connectivity index (χ1) is 7.17. The Morgan fingerprint density at radius 2 is 1.75 bits per heavy atom. The van der Waals surface area contributed by atoms with E-state index >= 15 is 0 Å². The van der Waals surface area contributed by atoms with Crippen molar-refractivity contribution in [3.05, 3.63) is 0 Å². The van der Waals surface area contributed by atoms with Crippen molar-refractivity contribution in [2.24, 2.45) is 5.92 Å². The minimum Gasteiger partial charge on any atom is -0.459 e. The van der Waals surface area contributed by atoms with Crippen LogP contribution >= 0.6 is 0 Å². The molecule has 0 aromatic rings. The molecule has 3 heteroatoms. The predicted octanol–water partition coefficient (Wildman–Crippen LogP) is 2.74. The second-order valence-corrected chi connectivity index (χ2v) is 5.68. The molecule has 96 valence electrons. The van der Waals surface area contributed by atoms with E-state index in [-0.39, 0.29) is 12.0 Å². The van der Waals surface area contributed by atoms with Crippen LogP contribution in [0.1, 0.15) is 54.9 Å². The third-order valence-electron chi connectivity index (χ3n) is 2.47. The third-order valence-corrected chi connectivity index (χ3v) is 2.47. The molecule has 0 saturated heterocycles. The van der Waals surface area contributed by atoms with Crippen molar-refractivity contribution in [1.29, 1.82) is 0 Å². The Hall–Kier alpha value is -0.570. The van der Waals surface area contributed by atoms with Gasteiger partial charge in [-0.15, -0.1) is 0 Å². The maximum Gasteiger partial charge on any atom is 0.323 e. The molecule has 0 aliphatic heterocycles. The average molecular weight is 229 g/mol. The molecule has 0 spiro atoms. The van der Waals surface area contributed by atoms with Crippen molar-refractivity contribution in [3.63, 3.8) is 0 Å². The normalized spacial score (nSPS) is 16.0. The van der Waals surface area contributed by atoms with Gasteiger partial charge >= 0.3 is 5.97 Å². The summed E-state index contributed by atoms with van der Waals surface area (Å²) in [5.74, 6) is 0.349. The predicted molar refractivity (Wildman–Crippen MR) is 67.4 cm³/mol. The number of rotatable bonds is 5. The van der Waals surface area contributed by atoms with Crippen molar-refractivity contribution in [3.8, 4) is 0 Å². The van der Waals surface area contributed by atoms with E-state index in [0.29, 0.717) is 12.0 Å². The van der Waals surface area contributed by atoms with Gasteiger partial charge in [0, 0.05) is 6.04 Å². The molecule has 1 unspecified atom stereocenters. The number of carbonyl (C=O) groups is 1. The van der Waals surface area contributed by atoms with Gasteiger partial charge in [-0.2, -0.15) is 0 Å². The standard InChI is InChI=1S/C13H27NO2/c1-8-11(9(2)3)14-10(4)12(15)16-13(5,6)7/h9-11,14H,8H2,1-7H3/t10-,11?/m1/s1. The molecule has 0 radical (unpaired) electrons. The van der Waals surface area contributed by atoms with Gasteiger partial charge in [0.05, 0.1) is 0 Å². The molecule has 0 heterocycles. The van der Waals surface area contributed by atoms with E-state index in [1.165, 1.54) is 0 Å². The van der Waals surface area contributed by atoms with Crippen LogP contribution in [-0.2, 0) is 9.53 Å². The quantitative estimate of drug-likeness (QED) is 0.737. The van der Waals surface area contributed by atoms with Crippen LogP contribution in [0, 0.1) is 5.92 Å². The van der Waals surface area contributed by atoms with E-state index in [1.54, 1.807) is 0 Å². The Bertz CT molecular complexity index is 218. The summed E-state index contributed by atoms with van der Waals surface area (Å²) in [6.45, 7) is 14.0. The summed E-state index contributed by atoms with van der Waals surface area (Å²) in [5.41, 5.74) is -0.410. The zero-order valence-electron chi connectivity index (χ0n) is 11.8. The monoisotopic (exact) mass is 229 g/mol. The second-order valence-electron chi connectivity index (χ2n) is 5.68. The topological polar surface area (TPSA) is 38.3 Å². The fourth-order valence-electron chi connectivity index (χ4n) is 1.56. The fraction of sp³-hybridized carbons (Fsp3) is 0.923. The molecule has 0 amide bonds. The van der Waals surface area contributed by atoms with Gasteiger partial charge < -0.3 is 10.1 Å². The van der Waals surface area contributed by atoms with Gasteiger partial charge in [0.25, 0.3) is 0 Å². The minimum absolute atomic E-state index is 0.174. The highest BCUT2D eigenvalue weighted by molar-refractivity contribution is 5.75. The lowest BCUT2D eigenvalue weighted by Gasteiger charge is -2.27. The molecule has 1 N–H and O–H groups in total. The zero-order chi connectivity index (χ0) is 12.9. The van der Waals surface area contributed by atoms with Crippen molar-refractivity contribution in [2.45, 2.75) is 72.6 Å². The Morgan fingerprint density at radius 1 is 1.25 bits per heavy atom. The van der Waals surface area contributed by atoms with Gasteiger partial charge in [-0.1, -0.05) is 20.8 Å². The average Bonchev–Trinajstić information content (AvgIpc) is 2.10. The summed E-state index contributed by atoms with van der Waals surface area (Å²) in [5, 5.41) is 3.31. The second kappa shape index (κ2) is 6.24. The van der Waals surface area contributed by atoms with Gasteiger partial charge in [-0.3, -0.25) is 4.79 Å². The SMILES string of the molecule is CCC(N[C@H](C)C(=O)OC(C)(C)C)C(C)C. The van der Waals surface area contributed by atoms with Crippen LogP contribution < -0.4 is 5.32 Å². The van der Waals surface area contributed by atoms with Crippen molar-refractivity contribution >= 4 is 5.97 Å². The smallest absolute Gasteiger partial charge is 0.323 e. The molecule has 0 aromatic heterocycles. The molecule has 0 rings (SSSR count). The highest BCUT2D eigenvalue weighted by Crippen LogP contribution is 2.11. The maximum absolute atomic E-state index is 11.7. The summed E-state index contributed by atoms with van der Waals surface area (Å²) in [7, 11) is 0. The van der Waals surface area contributed by atoms with Crippen LogP contribution in [0.3, 0.4) is 0 Å². The molecule has 2 atom stereocenters. The van der Waals surface area contributed by atoms with Crippen molar-refractivity contribution in [1.82, 2.24) is 5.32 Å². The summed E-state index contributed by atoms with van der Waals surface area (Å²) < 4.78 is 5.32. The number of hydrogen-bond donors (Lipinski definition) is 1. The van der Waals surface area contributed by atoms with E-state index in [9.17, 15) is 4.79 Å². The van der Waals surface area contributed by atoms with Gasteiger partial charge in [0.15, 0.2) is 0 Å². The first kappa shape index (κ1) is 15.4. The van der Waals surface area contributed by atoms with Gasteiger partial charge in [0.2, 0.25) is 0 Å². The summed E-state index contributed by atoms with van der Waals surface area (Å²) in [6, 6.07) is 0.120. The Kier molecular flexibility index (Phi) is 6.01. The summed E-state index contributed by atoms with van der Waals surface area (Å²) >= 11 is 0. The molecule has 16 heavy (non-hydrogen) atoms. The highest BCUT2D eigenvalue weighted by atomic mass is 16.6. The molecule has 0 saturated carbocycles. The number of carbonyl (C=O) groups excluding carboxylic acids is 1. The van der Waals surface area contributed by atoms with E-state index in [0.717, 1.165) is 6.42 Å². The largest absolute Gasteiger partial charge is 0.459 e. The summed E-state index contributed by atoms with van der Waals surface area (Å²) in [6.07, 6.45) is 1.02. The minimum atomic E-state index is -0.410. The van der Waals surface area contributed by atoms with E-state index < -0.39 is 5.60 Å². The van der Waals surface area contributed by atoms with Crippen LogP contribution in [0.15, 0.2) is 0 Å². The number of ether oxygens (including phenoxy) is 1. The molecule has 0 aliphatic carbocycles. The van der Waals surface area contributed by atoms with Gasteiger partial charge in [-0.25, -0.2) is 0 Å². The number of nitrogens with one attached hydrogen (secondary N) is 1. The molecular formula is C13H27NO2. The molecule has 0 aliphatic rings. The first-order valence-electron chi connectivity index (χ1n) is 6.16. The molecule has 0 bridgehead atoms. The molecule has 3 nitrogen and oxygen atoms in total. The Morgan fingerprint density at radius 3 is 2.06 bits per heavy atom. The number of esters is 1. The molecule has 0 aromatic carbocycles. The Balaban J connectivity index is 4.24. The highest BCUT2D eigenvalue weighted by Gasteiger charge is 2.24. The third kappa shape index (κ3) is 6.11. The van der Waals surface area contributed by atoms with Crippen LogP contribution in [0.4, 0.5) is 0 Å². The van der Waals surface area contributed by atoms with Gasteiger partial charge in [-0.05, 0) is 40.0 Å². The zero-order valence-corrected chi connectivity index (χ0v) is 11.8. The fourth-order valence-corrected chi connectivity index (χ4v) is 1.56.